The summed E-state index contributed by atoms with van der Waals surface area (Å²) in [6, 6.07) is 15.1. The predicted molar refractivity (Wildman–Crippen MR) is 154 cm³/mol. The van der Waals surface area contributed by atoms with Crippen molar-refractivity contribution < 1.29 is 38.0 Å². The minimum absolute atomic E-state index is 0.0112. The number of benzene rings is 2. The van der Waals surface area contributed by atoms with Crippen LogP contribution in [0.3, 0.4) is 0 Å². The molecule has 1 aliphatic heterocycles. The summed E-state index contributed by atoms with van der Waals surface area (Å²) in [5.41, 5.74) is 3.15. The lowest BCUT2D eigenvalue weighted by molar-refractivity contribution is -0.166. The first-order chi connectivity index (χ1) is 20.2. The van der Waals surface area contributed by atoms with Gasteiger partial charge in [0.1, 0.15) is 18.1 Å². The number of carbonyl (C=O) groups excluding carboxylic acids is 2. The molecule has 1 saturated heterocycles. The lowest BCUT2D eigenvalue weighted by Crippen LogP contribution is -2.30. The Morgan fingerprint density at radius 3 is 2.64 bits per heavy atom. The molecule has 0 N–H and O–H groups in total. The van der Waals surface area contributed by atoms with Gasteiger partial charge < -0.3 is 28.4 Å². The third kappa shape index (κ3) is 8.50. The van der Waals surface area contributed by atoms with Crippen LogP contribution < -0.4 is 9.47 Å². The van der Waals surface area contributed by atoms with Gasteiger partial charge in [0.05, 0.1) is 37.7 Å². The molecule has 1 fully saturated rings. The van der Waals surface area contributed by atoms with Gasteiger partial charge in [-0.25, -0.2) is 14.8 Å². The number of hydrogen-bond donors (Lipinski definition) is 0. The van der Waals surface area contributed by atoms with Crippen molar-refractivity contribution in [1.82, 2.24) is 9.97 Å². The highest BCUT2D eigenvalue weighted by Gasteiger charge is 2.32. The largest absolute Gasteiger partial charge is 0.496 e. The minimum atomic E-state index is -1.11. The summed E-state index contributed by atoms with van der Waals surface area (Å²) >= 11 is 0. The predicted octanol–water partition coefficient (Wildman–Crippen LogP) is 4.85. The van der Waals surface area contributed by atoms with E-state index in [0.29, 0.717) is 35.2 Å². The fourth-order valence-electron chi connectivity index (χ4n) is 4.72. The molecular formula is C32H38N2O8. The fourth-order valence-corrected chi connectivity index (χ4v) is 4.72. The van der Waals surface area contributed by atoms with Gasteiger partial charge >= 0.3 is 11.9 Å². The molecule has 1 aliphatic rings. The van der Waals surface area contributed by atoms with Gasteiger partial charge in [-0.05, 0) is 69.0 Å². The maximum absolute atomic E-state index is 12.6. The zero-order valence-corrected chi connectivity index (χ0v) is 24.8. The van der Waals surface area contributed by atoms with E-state index in [0.717, 1.165) is 24.0 Å². The van der Waals surface area contributed by atoms with Gasteiger partial charge in [0.25, 0.3) is 0 Å². The summed E-state index contributed by atoms with van der Waals surface area (Å²) < 4.78 is 33.8. The molecule has 2 heterocycles. The zero-order chi connectivity index (χ0) is 30.1. The highest BCUT2D eigenvalue weighted by Crippen LogP contribution is 2.29. The molecule has 10 heteroatoms. The van der Waals surface area contributed by atoms with Crippen molar-refractivity contribution in [3.63, 3.8) is 0 Å². The van der Waals surface area contributed by atoms with Crippen LogP contribution in [-0.4, -0.2) is 60.2 Å². The van der Waals surface area contributed by atoms with E-state index in [1.165, 1.54) is 6.92 Å². The molecule has 2 atom stereocenters. The van der Waals surface area contributed by atoms with Gasteiger partial charge in [-0.2, -0.15) is 0 Å². The molecular weight excluding hydrogens is 540 g/mol. The third-order valence-corrected chi connectivity index (χ3v) is 6.65. The van der Waals surface area contributed by atoms with Crippen LogP contribution in [-0.2, 0) is 48.0 Å². The Kier molecular flexibility index (Phi) is 10.5. The number of aromatic nitrogens is 2. The number of para-hydroxylation sites is 1. The van der Waals surface area contributed by atoms with Crippen LogP contribution in [0.15, 0.2) is 54.7 Å². The van der Waals surface area contributed by atoms with E-state index in [1.807, 2.05) is 56.3 Å². The van der Waals surface area contributed by atoms with Crippen molar-refractivity contribution in [1.29, 1.82) is 0 Å². The second-order valence-electron chi connectivity index (χ2n) is 10.3. The van der Waals surface area contributed by atoms with Crippen molar-refractivity contribution in [3.05, 3.63) is 71.5 Å². The minimum Gasteiger partial charge on any atom is -0.496 e. The zero-order valence-electron chi connectivity index (χ0n) is 24.8. The Morgan fingerprint density at radius 1 is 1.12 bits per heavy atom. The van der Waals surface area contributed by atoms with Gasteiger partial charge in [0, 0.05) is 19.5 Å². The lowest BCUT2D eigenvalue weighted by atomic mass is 10.00. The second kappa shape index (κ2) is 14.2. The van der Waals surface area contributed by atoms with E-state index in [-0.39, 0.29) is 25.7 Å². The van der Waals surface area contributed by atoms with Crippen LogP contribution in [0.25, 0.3) is 11.4 Å². The molecule has 10 nitrogen and oxygen atoms in total. The van der Waals surface area contributed by atoms with Gasteiger partial charge in [-0.15, -0.1) is 0 Å². The van der Waals surface area contributed by atoms with Crippen LogP contribution in [0.2, 0.25) is 0 Å². The average molecular weight is 579 g/mol. The highest BCUT2D eigenvalue weighted by molar-refractivity contribution is 5.79. The van der Waals surface area contributed by atoms with E-state index in [1.54, 1.807) is 26.3 Å². The number of hydrogen-bond acceptors (Lipinski definition) is 10. The third-order valence-electron chi connectivity index (χ3n) is 6.65. The first-order valence-corrected chi connectivity index (χ1v) is 14.0. The second-order valence-corrected chi connectivity index (χ2v) is 10.3. The fraction of sp³-hybridized carbons (Fsp3) is 0.438. The summed E-state index contributed by atoms with van der Waals surface area (Å²) in [5.74, 6) is -0.0433. The molecule has 224 valence electrons. The monoisotopic (exact) mass is 578 g/mol. The summed E-state index contributed by atoms with van der Waals surface area (Å²) in [6.07, 6.45) is 2.13. The molecule has 2 unspecified atom stereocenters. The first-order valence-electron chi connectivity index (χ1n) is 14.0. The smallest absolute Gasteiger partial charge is 0.347 e. The molecule has 0 spiro atoms. The molecule has 42 heavy (non-hydrogen) atoms. The van der Waals surface area contributed by atoms with Crippen LogP contribution >= 0.6 is 0 Å². The van der Waals surface area contributed by atoms with E-state index >= 15 is 0 Å². The summed E-state index contributed by atoms with van der Waals surface area (Å²) in [5, 5.41) is 0. The van der Waals surface area contributed by atoms with Crippen molar-refractivity contribution in [3.8, 4) is 22.9 Å². The number of ether oxygens (including phenoxy) is 6. The number of carbonyl (C=O) groups is 2. The molecule has 0 saturated carbocycles. The summed E-state index contributed by atoms with van der Waals surface area (Å²) in [4.78, 5) is 33.5. The number of methoxy groups -OCH3 is 1. The molecule has 0 bridgehead atoms. The molecule has 2 aromatic carbocycles. The number of rotatable bonds is 13. The number of esters is 2. The summed E-state index contributed by atoms with van der Waals surface area (Å²) in [7, 11) is 1.60. The molecule has 0 radical (unpaired) electrons. The van der Waals surface area contributed by atoms with Crippen LogP contribution in [0, 0.1) is 0 Å². The molecule has 4 rings (SSSR count). The van der Waals surface area contributed by atoms with Gasteiger partial charge in [-0.3, -0.25) is 4.79 Å². The van der Waals surface area contributed by atoms with Gasteiger partial charge in [0.2, 0.25) is 6.10 Å². The van der Waals surface area contributed by atoms with Crippen LogP contribution in [0.1, 0.15) is 50.9 Å². The molecule has 1 aromatic heterocycles. The number of aryl methyl sites for hydroxylation is 1. The Labute approximate surface area is 246 Å². The maximum atomic E-state index is 12.6. The first kappa shape index (κ1) is 30.9. The SMILES string of the molecule is CCOC(=O)C(Cc1cc(CCC2COC(C)(C)O2)ccc1OCc1ccnc(-c2ccccc2OC)n1)OC(C)=O. The Hall–Kier alpha value is -4.02. The quantitative estimate of drug-likeness (QED) is 0.261. The van der Waals surface area contributed by atoms with Gasteiger partial charge in [-0.1, -0.05) is 24.3 Å². The van der Waals surface area contributed by atoms with Crippen molar-refractivity contribution in [2.45, 2.75) is 71.6 Å². The molecule has 0 aliphatic carbocycles. The highest BCUT2D eigenvalue weighted by atomic mass is 16.7. The van der Waals surface area contributed by atoms with Crippen LogP contribution in [0.5, 0.6) is 11.5 Å². The lowest BCUT2D eigenvalue weighted by Gasteiger charge is -2.19. The van der Waals surface area contributed by atoms with Gasteiger partial charge in [0.15, 0.2) is 11.6 Å². The van der Waals surface area contributed by atoms with Crippen LogP contribution in [0.4, 0.5) is 0 Å². The average Bonchev–Trinajstić information content (AvgIpc) is 3.33. The number of nitrogens with zero attached hydrogens (tertiary/aromatic N) is 2. The van der Waals surface area contributed by atoms with Crippen molar-refractivity contribution in [2.24, 2.45) is 0 Å². The van der Waals surface area contributed by atoms with E-state index < -0.39 is 23.8 Å². The topological polar surface area (TPSA) is 115 Å². The molecule has 3 aromatic rings. The van der Waals surface area contributed by atoms with E-state index in [4.69, 9.17) is 28.4 Å². The maximum Gasteiger partial charge on any atom is 0.347 e. The summed E-state index contributed by atoms with van der Waals surface area (Å²) in [6.45, 7) is 7.62. The Bertz CT molecular complexity index is 1380. The normalized spacial score (nSPS) is 16.5. The Balaban J connectivity index is 1.55. The van der Waals surface area contributed by atoms with E-state index in [9.17, 15) is 9.59 Å². The Morgan fingerprint density at radius 2 is 1.93 bits per heavy atom. The standard InChI is InChI=1S/C32H38N2O8/c1-6-38-31(36)29(41-21(2)35)18-23-17-22(11-13-25-20-40-32(3,4)42-25)12-14-27(23)39-19-24-15-16-33-30(34-24)26-9-7-8-10-28(26)37-5/h7-10,12,14-17,25,29H,6,11,13,18-20H2,1-5H3. The van der Waals surface area contributed by atoms with Crippen molar-refractivity contribution in [2.75, 3.05) is 20.3 Å². The van der Waals surface area contributed by atoms with E-state index in [2.05, 4.69) is 9.97 Å². The van der Waals surface area contributed by atoms with Crippen molar-refractivity contribution >= 4 is 11.9 Å². The molecule has 0 amide bonds.